The first-order valence-corrected chi connectivity index (χ1v) is 12.2. The second-order valence-corrected chi connectivity index (χ2v) is 9.94. The van der Waals surface area contributed by atoms with Crippen molar-refractivity contribution in [1.82, 2.24) is 0 Å². The number of benzene rings is 3. The number of Topliss-reactive ketones (excluding diaryl/α,β-unsaturated/α-hetero) is 1. The summed E-state index contributed by atoms with van der Waals surface area (Å²) >= 11 is 0. The van der Waals surface area contributed by atoms with Gasteiger partial charge < -0.3 is 15.7 Å². The molecule has 1 saturated carbocycles. The van der Waals surface area contributed by atoms with Crippen LogP contribution in [0.5, 0.6) is 0 Å². The molecule has 9 nitrogen and oxygen atoms in total. The molecule has 0 aromatic heterocycles. The van der Waals surface area contributed by atoms with Gasteiger partial charge in [-0.15, -0.1) is 0 Å². The Kier molecular flexibility index (Phi) is 7.41. The Hall–Kier alpha value is -4.37. The predicted octanol–water partition coefficient (Wildman–Crippen LogP) is 4.53. The third-order valence-electron chi connectivity index (χ3n) is 7.10. The van der Waals surface area contributed by atoms with Gasteiger partial charge in [0.25, 0.3) is 5.69 Å². The highest BCUT2D eigenvalue weighted by molar-refractivity contribution is 6.10. The Bertz CT molecular complexity index is 1420. The molecule has 1 aliphatic rings. The maximum atomic E-state index is 13.8. The first kappa shape index (κ1) is 26.7. The fourth-order valence-corrected chi connectivity index (χ4v) is 5.18. The highest BCUT2D eigenvalue weighted by Gasteiger charge is 2.56. The molecular weight excluding hydrogens is 486 g/mol. The number of hydrogen-bond donors (Lipinski definition) is 3. The number of nitrogens with one attached hydrogen (secondary N) is 2. The summed E-state index contributed by atoms with van der Waals surface area (Å²) in [6.07, 6.45) is -0.434. The van der Waals surface area contributed by atoms with Gasteiger partial charge in [0.1, 0.15) is 11.7 Å². The minimum absolute atomic E-state index is 0.238. The van der Waals surface area contributed by atoms with Gasteiger partial charge in [0.2, 0.25) is 11.8 Å². The van der Waals surface area contributed by atoms with Crippen molar-refractivity contribution >= 4 is 34.7 Å². The van der Waals surface area contributed by atoms with E-state index in [0.717, 1.165) is 11.1 Å². The molecule has 2 amide bonds. The standard InChI is InChI=1S/C29H29N3O6/c1-17-9-4-6-13-21(17)30-27(34)25-23(33)16-29(3,36)26(28(35)31-22-14-7-5-10-18(22)2)24(25)19-11-8-12-20(15-19)32(37)38/h4-15,24-26,36H,16H2,1-3H3,(H,30,34)(H,31,35). The quantitative estimate of drug-likeness (QED) is 0.250. The lowest BCUT2D eigenvalue weighted by Crippen LogP contribution is -2.56. The van der Waals surface area contributed by atoms with Crippen molar-refractivity contribution in [3.05, 3.63) is 99.6 Å². The van der Waals surface area contributed by atoms with E-state index in [9.17, 15) is 29.6 Å². The van der Waals surface area contributed by atoms with Crippen molar-refractivity contribution in [1.29, 1.82) is 0 Å². The number of para-hydroxylation sites is 2. The molecule has 0 radical (unpaired) electrons. The first-order valence-electron chi connectivity index (χ1n) is 12.2. The SMILES string of the molecule is Cc1ccccc1NC(=O)C1C(=O)CC(C)(O)C(C(=O)Nc2ccccc2C)C1c1cccc([N+](=O)[O-])c1. The van der Waals surface area contributed by atoms with Crippen molar-refractivity contribution < 1.29 is 24.4 Å². The highest BCUT2D eigenvalue weighted by Crippen LogP contribution is 2.47. The Labute approximate surface area is 220 Å². The van der Waals surface area contributed by atoms with Crippen LogP contribution in [0.2, 0.25) is 0 Å². The largest absolute Gasteiger partial charge is 0.389 e. The third-order valence-corrected chi connectivity index (χ3v) is 7.10. The second kappa shape index (κ2) is 10.5. The molecule has 38 heavy (non-hydrogen) atoms. The highest BCUT2D eigenvalue weighted by atomic mass is 16.6. The van der Waals surface area contributed by atoms with Crippen LogP contribution in [0.15, 0.2) is 72.8 Å². The molecule has 0 saturated heterocycles. The van der Waals surface area contributed by atoms with Crippen molar-refractivity contribution in [3.63, 3.8) is 0 Å². The van der Waals surface area contributed by atoms with Crippen LogP contribution in [-0.2, 0) is 14.4 Å². The van der Waals surface area contributed by atoms with Crippen LogP contribution in [0.1, 0.15) is 36.0 Å². The Balaban J connectivity index is 1.83. The lowest BCUT2D eigenvalue weighted by Gasteiger charge is -2.44. The van der Waals surface area contributed by atoms with Crippen LogP contribution >= 0.6 is 0 Å². The number of carbonyl (C=O) groups is 3. The zero-order valence-electron chi connectivity index (χ0n) is 21.3. The number of nitro benzene ring substituents is 1. The molecule has 0 bridgehead atoms. The zero-order valence-corrected chi connectivity index (χ0v) is 21.3. The van der Waals surface area contributed by atoms with E-state index in [1.807, 2.05) is 25.1 Å². The average Bonchev–Trinajstić information content (AvgIpc) is 2.85. The summed E-state index contributed by atoms with van der Waals surface area (Å²) < 4.78 is 0. The van der Waals surface area contributed by atoms with Gasteiger partial charge in [-0.3, -0.25) is 24.5 Å². The van der Waals surface area contributed by atoms with Gasteiger partial charge in [0.15, 0.2) is 0 Å². The van der Waals surface area contributed by atoms with E-state index in [-0.39, 0.29) is 11.3 Å². The topological polar surface area (TPSA) is 139 Å². The fraction of sp³-hybridized carbons (Fsp3) is 0.276. The van der Waals surface area contributed by atoms with E-state index in [0.29, 0.717) is 11.4 Å². The van der Waals surface area contributed by atoms with Crippen LogP contribution in [0.25, 0.3) is 0 Å². The van der Waals surface area contributed by atoms with Gasteiger partial charge in [-0.1, -0.05) is 48.5 Å². The number of anilines is 2. The minimum Gasteiger partial charge on any atom is -0.389 e. The van der Waals surface area contributed by atoms with Crippen LogP contribution in [-0.4, -0.2) is 33.2 Å². The number of aliphatic hydroxyl groups is 1. The van der Waals surface area contributed by atoms with Crippen LogP contribution in [0.3, 0.4) is 0 Å². The summed E-state index contributed by atoms with van der Waals surface area (Å²) in [6.45, 7) is 5.00. The number of nitrogens with zero attached hydrogens (tertiary/aromatic N) is 1. The lowest BCUT2D eigenvalue weighted by atomic mass is 9.61. The lowest BCUT2D eigenvalue weighted by molar-refractivity contribution is -0.385. The van der Waals surface area contributed by atoms with E-state index >= 15 is 0 Å². The first-order chi connectivity index (χ1) is 18.0. The molecule has 3 aromatic rings. The molecule has 4 atom stereocenters. The molecule has 0 aliphatic heterocycles. The molecule has 9 heteroatoms. The average molecular weight is 516 g/mol. The van der Waals surface area contributed by atoms with E-state index in [4.69, 9.17) is 0 Å². The molecule has 4 rings (SSSR count). The van der Waals surface area contributed by atoms with Crippen molar-refractivity contribution in [2.75, 3.05) is 10.6 Å². The van der Waals surface area contributed by atoms with Crippen molar-refractivity contribution in [2.45, 2.75) is 38.7 Å². The van der Waals surface area contributed by atoms with Gasteiger partial charge in [-0.25, -0.2) is 0 Å². The summed E-state index contributed by atoms with van der Waals surface area (Å²) in [5, 5.41) is 28.6. The third kappa shape index (κ3) is 5.33. The molecule has 3 N–H and O–H groups in total. The maximum absolute atomic E-state index is 13.8. The van der Waals surface area contributed by atoms with E-state index in [1.54, 1.807) is 37.3 Å². The monoisotopic (exact) mass is 515 g/mol. The van der Waals surface area contributed by atoms with Crippen molar-refractivity contribution in [3.8, 4) is 0 Å². The summed E-state index contributed by atoms with van der Waals surface area (Å²) in [5.41, 5.74) is 0.743. The number of hydrogen-bond acceptors (Lipinski definition) is 6. The zero-order chi connectivity index (χ0) is 27.6. The molecular formula is C29H29N3O6. The molecule has 0 spiro atoms. The Morgan fingerprint density at radius 2 is 1.47 bits per heavy atom. The van der Waals surface area contributed by atoms with Gasteiger partial charge in [0.05, 0.1) is 16.4 Å². The Morgan fingerprint density at radius 1 is 0.921 bits per heavy atom. The van der Waals surface area contributed by atoms with Crippen LogP contribution in [0.4, 0.5) is 17.1 Å². The predicted molar refractivity (Wildman–Crippen MR) is 143 cm³/mol. The Morgan fingerprint density at radius 3 is 2.03 bits per heavy atom. The molecule has 4 unspecified atom stereocenters. The minimum atomic E-state index is -1.82. The summed E-state index contributed by atoms with van der Waals surface area (Å²) in [4.78, 5) is 51.8. The van der Waals surface area contributed by atoms with Crippen molar-refractivity contribution in [2.24, 2.45) is 11.8 Å². The van der Waals surface area contributed by atoms with Crippen LogP contribution < -0.4 is 10.6 Å². The molecule has 1 fully saturated rings. The summed E-state index contributed by atoms with van der Waals surface area (Å²) in [6, 6.07) is 19.7. The van der Waals surface area contributed by atoms with Gasteiger partial charge >= 0.3 is 0 Å². The van der Waals surface area contributed by atoms with E-state index in [2.05, 4.69) is 10.6 Å². The van der Waals surface area contributed by atoms with Gasteiger partial charge in [-0.05, 0) is 49.6 Å². The number of amides is 2. The van der Waals surface area contributed by atoms with E-state index in [1.165, 1.54) is 31.2 Å². The molecule has 3 aromatic carbocycles. The number of rotatable bonds is 6. The smallest absolute Gasteiger partial charge is 0.269 e. The number of aryl methyl sites for hydroxylation is 2. The molecule has 196 valence electrons. The molecule has 1 aliphatic carbocycles. The van der Waals surface area contributed by atoms with E-state index < -0.39 is 52.3 Å². The summed E-state index contributed by atoms with van der Waals surface area (Å²) in [7, 11) is 0. The number of non-ortho nitro benzene ring substituents is 1. The second-order valence-electron chi connectivity index (χ2n) is 9.94. The molecule has 0 heterocycles. The maximum Gasteiger partial charge on any atom is 0.269 e. The van der Waals surface area contributed by atoms with Crippen LogP contribution in [0, 0.1) is 35.8 Å². The summed E-state index contributed by atoms with van der Waals surface area (Å²) in [5.74, 6) is -5.61. The normalized spacial score (nSPS) is 22.9. The van der Waals surface area contributed by atoms with Gasteiger partial charge in [-0.2, -0.15) is 0 Å². The van der Waals surface area contributed by atoms with Gasteiger partial charge in [0, 0.05) is 35.8 Å². The number of ketones is 1. The number of nitro groups is 1. The fourth-order valence-electron chi connectivity index (χ4n) is 5.18. The number of carbonyl (C=O) groups excluding carboxylic acids is 3.